The van der Waals surface area contributed by atoms with Gasteiger partial charge in [0.15, 0.2) is 11.5 Å². The lowest BCUT2D eigenvalue weighted by molar-refractivity contribution is -0.152. The summed E-state index contributed by atoms with van der Waals surface area (Å²) >= 11 is 0. The normalized spacial score (nSPS) is 19.7. The van der Waals surface area contributed by atoms with Crippen molar-refractivity contribution in [2.24, 2.45) is 0 Å². The van der Waals surface area contributed by atoms with Crippen molar-refractivity contribution in [3.05, 3.63) is 47.7 Å². The first kappa shape index (κ1) is 20.9. The Morgan fingerprint density at radius 3 is 2.58 bits per heavy atom. The Hall–Kier alpha value is -3.31. The first-order chi connectivity index (χ1) is 14.8. The Kier molecular flexibility index (Phi) is 5.46. The van der Waals surface area contributed by atoms with E-state index in [1.54, 1.807) is 0 Å². The van der Waals surface area contributed by atoms with Crippen molar-refractivity contribution in [2.75, 3.05) is 26.3 Å². The van der Waals surface area contributed by atoms with Crippen molar-refractivity contribution in [1.29, 1.82) is 0 Å². The maximum atomic E-state index is 13.9. The zero-order chi connectivity index (χ0) is 22.2. The summed E-state index contributed by atoms with van der Waals surface area (Å²) in [6, 6.07) is 4.40. The average molecular weight is 436 g/mol. The Morgan fingerprint density at radius 1 is 1.16 bits per heavy atom. The molecular weight excluding hydrogens is 418 g/mol. The standard InChI is InChI=1S/C20H18F2N2O7/c21-11-1-2-12(13(22)7-11)15-3-4-16(31-15)18(26)23-9-17(25)24-10-20(29-5-6-30-20)8-14(24)19(27)28/h1-4,7,14H,5-6,8-10H2,(H,23,26)(H,27,28). The van der Waals surface area contributed by atoms with E-state index in [2.05, 4.69) is 5.32 Å². The molecule has 0 saturated carbocycles. The maximum absolute atomic E-state index is 13.9. The van der Waals surface area contributed by atoms with Gasteiger partial charge in [-0.2, -0.15) is 0 Å². The topological polar surface area (TPSA) is 118 Å². The van der Waals surface area contributed by atoms with Crippen LogP contribution in [0.5, 0.6) is 0 Å². The lowest BCUT2D eigenvalue weighted by Crippen LogP contribution is -2.46. The van der Waals surface area contributed by atoms with E-state index in [0.717, 1.165) is 11.0 Å². The van der Waals surface area contributed by atoms with Gasteiger partial charge in [-0.1, -0.05) is 0 Å². The highest BCUT2D eigenvalue weighted by Crippen LogP contribution is 2.34. The number of carboxylic acid groups (broad SMARTS) is 1. The van der Waals surface area contributed by atoms with E-state index in [0.29, 0.717) is 19.3 Å². The predicted molar refractivity (Wildman–Crippen MR) is 98.8 cm³/mol. The third kappa shape index (κ3) is 4.14. The number of rotatable bonds is 5. The molecule has 2 N–H and O–H groups in total. The second kappa shape index (κ2) is 8.08. The predicted octanol–water partition coefficient (Wildman–Crippen LogP) is 1.38. The van der Waals surface area contributed by atoms with Crippen LogP contribution in [0.15, 0.2) is 34.7 Å². The van der Waals surface area contributed by atoms with Crippen molar-refractivity contribution in [1.82, 2.24) is 10.2 Å². The summed E-state index contributed by atoms with van der Waals surface area (Å²) in [5, 5.41) is 11.8. The third-order valence-corrected chi connectivity index (χ3v) is 5.14. The molecule has 9 nitrogen and oxygen atoms in total. The summed E-state index contributed by atoms with van der Waals surface area (Å²) in [5.74, 6) is -5.51. The average Bonchev–Trinajstić information content (AvgIpc) is 3.46. The monoisotopic (exact) mass is 436 g/mol. The minimum atomic E-state index is -1.20. The van der Waals surface area contributed by atoms with Crippen molar-refractivity contribution in [2.45, 2.75) is 18.2 Å². The molecule has 3 heterocycles. The molecule has 2 saturated heterocycles. The van der Waals surface area contributed by atoms with Gasteiger partial charge in [0.25, 0.3) is 5.91 Å². The molecule has 1 spiro atoms. The number of aliphatic carboxylic acids is 1. The summed E-state index contributed by atoms with van der Waals surface area (Å²) in [4.78, 5) is 37.5. The van der Waals surface area contributed by atoms with Crippen molar-refractivity contribution < 1.29 is 42.2 Å². The smallest absolute Gasteiger partial charge is 0.326 e. The van der Waals surface area contributed by atoms with Crippen LogP contribution in [0.4, 0.5) is 8.78 Å². The van der Waals surface area contributed by atoms with Gasteiger partial charge in [-0.3, -0.25) is 9.59 Å². The minimum Gasteiger partial charge on any atom is -0.480 e. The number of nitrogens with zero attached hydrogens (tertiary/aromatic N) is 1. The van der Waals surface area contributed by atoms with Crippen LogP contribution in [0, 0.1) is 11.6 Å². The highest BCUT2D eigenvalue weighted by Gasteiger charge is 2.52. The molecule has 1 aromatic carbocycles. The van der Waals surface area contributed by atoms with Gasteiger partial charge in [0, 0.05) is 12.5 Å². The Labute approximate surface area is 174 Å². The van der Waals surface area contributed by atoms with Gasteiger partial charge in [0.1, 0.15) is 23.4 Å². The van der Waals surface area contributed by atoms with E-state index in [4.69, 9.17) is 13.9 Å². The van der Waals surface area contributed by atoms with E-state index in [9.17, 15) is 28.3 Å². The SMILES string of the molecule is O=C(NCC(=O)N1CC2(CC1C(=O)O)OCCO2)c1ccc(-c2ccc(F)cc2F)o1. The number of nitrogens with one attached hydrogen (secondary N) is 1. The lowest BCUT2D eigenvalue weighted by Gasteiger charge is -2.23. The molecular formula is C20H18F2N2O7. The summed E-state index contributed by atoms with van der Waals surface area (Å²) in [6.07, 6.45) is -0.00715. The number of carboxylic acids is 1. The van der Waals surface area contributed by atoms with Crippen LogP contribution in [0.3, 0.4) is 0 Å². The molecule has 1 unspecified atom stereocenters. The van der Waals surface area contributed by atoms with Gasteiger partial charge in [-0.05, 0) is 24.3 Å². The van der Waals surface area contributed by atoms with Crippen LogP contribution in [0.2, 0.25) is 0 Å². The van der Waals surface area contributed by atoms with Gasteiger partial charge >= 0.3 is 5.97 Å². The zero-order valence-corrected chi connectivity index (χ0v) is 16.1. The van der Waals surface area contributed by atoms with E-state index in [1.807, 2.05) is 0 Å². The van der Waals surface area contributed by atoms with Gasteiger partial charge in [-0.15, -0.1) is 0 Å². The summed E-state index contributed by atoms with van der Waals surface area (Å²) in [6.45, 7) is 0.0637. The van der Waals surface area contributed by atoms with Crippen LogP contribution in [-0.2, 0) is 19.1 Å². The molecule has 0 aliphatic carbocycles. The fraction of sp³-hybridized carbons (Fsp3) is 0.350. The van der Waals surface area contributed by atoms with Crippen LogP contribution >= 0.6 is 0 Å². The van der Waals surface area contributed by atoms with Crippen molar-refractivity contribution in [3.8, 4) is 11.3 Å². The van der Waals surface area contributed by atoms with E-state index in [1.165, 1.54) is 18.2 Å². The maximum Gasteiger partial charge on any atom is 0.326 e. The lowest BCUT2D eigenvalue weighted by atomic mass is 10.1. The van der Waals surface area contributed by atoms with E-state index < -0.39 is 47.8 Å². The first-order valence-electron chi connectivity index (χ1n) is 9.42. The Balaban J connectivity index is 1.40. The molecule has 164 valence electrons. The quantitative estimate of drug-likeness (QED) is 0.727. The summed E-state index contributed by atoms with van der Waals surface area (Å²) in [5.41, 5.74) is -0.0280. The molecule has 1 atom stereocenters. The second-order valence-corrected chi connectivity index (χ2v) is 7.16. The first-order valence-corrected chi connectivity index (χ1v) is 9.42. The fourth-order valence-electron chi connectivity index (χ4n) is 3.67. The van der Waals surface area contributed by atoms with E-state index >= 15 is 0 Å². The van der Waals surface area contributed by atoms with Gasteiger partial charge < -0.3 is 29.2 Å². The van der Waals surface area contributed by atoms with Crippen molar-refractivity contribution >= 4 is 17.8 Å². The number of carbonyl (C=O) groups excluding carboxylic acids is 2. The molecule has 2 fully saturated rings. The minimum absolute atomic E-state index is 0.00715. The number of ether oxygens (including phenoxy) is 2. The molecule has 2 amide bonds. The number of furan rings is 1. The third-order valence-electron chi connectivity index (χ3n) is 5.14. The highest BCUT2D eigenvalue weighted by molar-refractivity contribution is 5.95. The molecule has 11 heteroatoms. The van der Waals surface area contributed by atoms with Gasteiger partial charge in [-0.25, -0.2) is 13.6 Å². The molecule has 0 bridgehead atoms. The highest BCUT2D eigenvalue weighted by atomic mass is 19.1. The Morgan fingerprint density at radius 2 is 1.90 bits per heavy atom. The molecule has 4 rings (SSSR count). The molecule has 2 aliphatic heterocycles. The summed E-state index contributed by atoms with van der Waals surface area (Å²) in [7, 11) is 0. The second-order valence-electron chi connectivity index (χ2n) is 7.16. The zero-order valence-electron chi connectivity index (χ0n) is 16.1. The number of hydrogen-bond donors (Lipinski definition) is 2. The fourth-order valence-corrected chi connectivity index (χ4v) is 3.67. The number of carbonyl (C=O) groups is 3. The molecule has 2 aromatic rings. The largest absolute Gasteiger partial charge is 0.480 e. The van der Waals surface area contributed by atoms with Crippen LogP contribution in [0.1, 0.15) is 17.0 Å². The number of benzene rings is 1. The molecule has 2 aliphatic rings. The number of hydrogen-bond acceptors (Lipinski definition) is 6. The Bertz CT molecular complexity index is 1030. The van der Waals surface area contributed by atoms with Gasteiger partial charge in [0.2, 0.25) is 5.91 Å². The number of likely N-dealkylation sites (tertiary alicyclic amines) is 1. The summed E-state index contributed by atoms with van der Waals surface area (Å²) < 4.78 is 43.2. The van der Waals surface area contributed by atoms with Crippen LogP contribution in [-0.4, -0.2) is 65.9 Å². The molecule has 1 aromatic heterocycles. The van der Waals surface area contributed by atoms with Crippen LogP contribution in [0.25, 0.3) is 11.3 Å². The van der Waals surface area contributed by atoms with Crippen molar-refractivity contribution in [3.63, 3.8) is 0 Å². The number of halogens is 2. The molecule has 0 radical (unpaired) electrons. The molecule has 31 heavy (non-hydrogen) atoms. The van der Waals surface area contributed by atoms with E-state index in [-0.39, 0.29) is 30.0 Å². The van der Waals surface area contributed by atoms with Gasteiger partial charge in [0.05, 0.1) is 31.9 Å². The van der Waals surface area contributed by atoms with Crippen LogP contribution < -0.4 is 5.32 Å². The number of amides is 2.